The first-order chi connectivity index (χ1) is 15.0. The summed E-state index contributed by atoms with van der Waals surface area (Å²) in [6.45, 7) is 5.41. The number of ether oxygens (including phenoxy) is 1. The van der Waals surface area contributed by atoms with Gasteiger partial charge in [0.2, 0.25) is 0 Å². The van der Waals surface area contributed by atoms with Gasteiger partial charge in [0.05, 0.1) is 16.3 Å². The largest absolute Gasteiger partial charge is 0.484 e. The number of nitrogen functional groups attached to an aromatic ring is 1. The number of carbonyl (C=O) groups is 2. The van der Waals surface area contributed by atoms with Gasteiger partial charge < -0.3 is 21.1 Å². The standard InChI is InChI=1S/C24H23N3O3S/c1-3-5-8-18(4-2)30-15-23(28)26-17-11-12-21-16(13-17)14-22(31-21)24(29)27-20-10-7-6-9-19(20)25/h3-14H,2,15,25H2,1H3,(H,26,28)(H,27,29)/b5-3-,18-8+. The highest BCUT2D eigenvalue weighted by atomic mass is 32.1. The predicted octanol–water partition coefficient (Wildman–Crippen LogP) is 5.34. The minimum atomic E-state index is -0.291. The van der Waals surface area contributed by atoms with Gasteiger partial charge in [-0.25, -0.2) is 0 Å². The van der Waals surface area contributed by atoms with Gasteiger partial charge >= 0.3 is 0 Å². The van der Waals surface area contributed by atoms with Crippen molar-refractivity contribution in [1.82, 2.24) is 0 Å². The Morgan fingerprint density at radius 3 is 2.71 bits per heavy atom. The molecule has 2 amide bonds. The molecule has 0 radical (unpaired) electrons. The SMILES string of the molecule is C=C/C(=C\C=C/C)OCC(=O)Nc1ccc2sc(C(=O)Nc3ccccc3N)cc2c1. The van der Waals surface area contributed by atoms with Crippen LogP contribution in [0.1, 0.15) is 16.6 Å². The summed E-state index contributed by atoms with van der Waals surface area (Å²) in [6.07, 6.45) is 6.93. The Morgan fingerprint density at radius 1 is 1.16 bits per heavy atom. The monoisotopic (exact) mass is 433 g/mol. The fourth-order valence-corrected chi connectivity index (χ4v) is 3.68. The minimum Gasteiger partial charge on any atom is -0.484 e. The average molecular weight is 434 g/mol. The Bertz CT molecular complexity index is 1180. The second-order valence-corrected chi connectivity index (χ2v) is 7.62. The Balaban J connectivity index is 1.66. The summed E-state index contributed by atoms with van der Waals surface area (Å²) in [7, 11) is 0. The first-order valence-electron chi connectivity index (χ1n) is 9.57. The van der Waals surface area contributed by atoms with Crippen molar-refractivity contribution in [2.24, 2.45) is 0 Å². The minimum absolute atomic E-state index is 0.136. The van der Waals surface area contributed by atoms with Crippen molar-refractivity contribution in [2.45, 2.75) is 6.92 Å². The van der Waals surface area contributed by atoms with Crippen LogP contribution in [-0.4, -0.2) is 18.4 Å². The van der Waals surface area contributed by atoms with Crippen LogP contribution >= 0.6 is 11.3 Å². The predicted molar refractivity (Wildman–Crippen MR) is 128 cm³/mol. The zero-order chi connectivity index (χ0) is 22.2. The van der Waals surface area contributed by atoms with Gasteiger partial charge in [-0.1, -0.05) is 30.9 Å². The van der Waals surface area contributed by atoms with Crippen molar-refractivity contribution in [3.8, 4) is 0 Å². The molecule has 0 atom stereocenters. The first-order valence-corrected chi connectivity index (χ1v) is 10.4. The molecule has 31 heavy (non-hydrogen) atoms. The summed E-state index contributed by atoms with van der Waals surface area (Å²) in [5, 5.41) is 6.48. The van der Waals surface area contributed by atoms with E-state index >= 15 is 0 Å². The zero-order valence-electron chi connectivity index (χ0n) is 17.1. The lowest BCUT2D eigenvalue weighted by molar-refractivity contribution is -0.119. The quantitative estimate of drug-likeness (QED) is 0.254. The van der Waals surface area contributed by atoms with E-state index in [0.717, 1.165) is 10.1 Å². The maximum absolute atomic E-state index is 12.6. The molecule has 0 aliphatic rings. The van der Waals surface area contributed by atoms with Gasteiger partial charge in [0, 0.05) is 10.4 Å². The van der Waals surface area contributed by atoms with E-state index in [1.54, 1.807) is 42.5 Å². The van der Waals surface area contributed by atoms with E-state index in [-0.39, 0.29) is 18.4 Å². The summed E-state index contributed by atoms with van der Waals surface area (Å²) in [5.74, 6) is -0.0143. The van der Waals surface area contributed by atoms with Crippen molar-refractivity contribution in [3.63, 3.8) is 0 Å². The number of fused-ring (bicyclic) bond motifs is 1. The highest BCUT2D eigenvalue weighted by Crippen LogP contribution is 2.29. The number of nitrogens with two attached hydrogens (primary N) is 1. The molecule has 0 bridgehead atoms. The normalized spacial score (nSPS) is 11.5. The molecule has 7 heteroatoms. The summed E-state index contributed by atoms with van der Waals surface area (Å²) in [4.78, 5) is 25.3. The van der Waals surface area contributed by atoms with Crippen molar-refractivity contribution < 1.29 is 14.3 Å². The molecule has 3 aromatic rings. The fraction of sp³-hybridized carbons (Fsp3) is 0.0833. The third-order valence-electron chi connectivity index (χ3n) is 4.26. The van der Waals surface area contributed by atoms with Gasteiger partial charge in [-0.05, 0) is 60.9 Å². The van der Waals surface area contributed by atoms with E-state index < -0.39 is 0 Å². The van der Waals surface area contributed by atoms with Gasteiger partial charge in [-0.2, -0.15) is 0 Å². The van der Waals surface area contributed by atoms with Crippen molar-refractivity contribution in [2.75, 3.05) is 23.0 Å². The molecule has 0 fully saturated rings. The van der Waals surface area contributed by atoms with Gasteiger partial charge in [-0.3, -0.25) is 9.59 Å². The van der Waals surface area contributed by atoms with E-state index in [1.807, 2.05) is 37.3 Å². The Hall–Kier alpha value is -3.84. The Labute approximate surface area is 184 Å². The van der Waals surface area contributed by atoms with Gasteiger partial charge in [-0.15, -0.1) is 11.3 Å². The van der Waals surface area contributed by atoms with Crippen LogP contribution < -0.4 is 16.4 Å². The molecule has 0 aliphatic heterocycles. The van der Waals surface area contributed by atoms with Crippen LogP contribution in [0.4, 0.5) is 17.1 Å². The van der Waals surface area contributed by atoms with E-state index in [0.29, 0.717) is 27.7 Å². The second-order valence-electron chi connectivity index (χ2n) is 6.54. The summed E-state index contributed by atoms with van der Waals surface area (Å²) in [5.41, 5.74) is 7.59. The number of thiophene rings is 1. The van der Waals surface area contributed by atoms with Gasteiger partial charge in [0.1, 0.15) is 5.76 Å². The number of anilines is 3. The van der Waals surface area contributed by atoms with Crippen LogP contribution in [0.15, 0.2) is 85.2 Å². The highest BCUT2D eigenvalue weighted by molar-refractivity contribution is 7.20. The van der Waals surface area contributed by atoms with Crippen LogP contribution in [0, 0.1) is 0 Å². The average Bonchev–Trinajstić information content (AvgIpc) is 3.19. The van der Waals surface area contributed by atoms with E-state index in [9.17, 15) is 9.59 Å². The molecule has 0 spiro atoms. The third kappa shape index (κ3) is 5.83. The molecule has 3 rings (SSSR count). The molecule has 0 unspecified atom stereocenters. The van der Waals surface area contributed by atoms with E-state index in [2.05, 4.69) is 17.2 Å². The lowest BCUT2D eigenvalue weighted by atomic mass is 10.2. The molecule has 6 nitrogen and oxygen atoms in total. The first kappa shape index (κ1) is 21.9. The molecular weight excluding hydrogens is 410 g/mol. The third-order valence-corrected chi connectivity index (χ3v) is 5.37. The molecule has 0 aliphatic carbocycles. The number of carbonyl (C=O) groups excluding carboxylic acids is 2. The lowest BCUT2D eigenvalue weighted by Gasteiger charge is -2.08. The lowest BCUT2D eigenvalue weighted by Crippen LogP contribution is -2.17. The molecule has 1 heterocycles. The molecule has 158 valence electrons. The molecule has 2 aromatic carbocycles. The van der Waals surface area contributed by atoms with Crippen LogP contribution in [0.3, 0.4) is 0 Å². The number of amides is 2. The van der Waals surface area contributed by atoms with E-state index in [1.165, 1.54) is 11.3 Å². The van der Waals surface area contributed by atoms with Crippen LogP contribution in [0.5, 0.6) is 0 Å². The van der Waals surface area contributed by atoms with Gasteiger partial charge in [0.25, 0.3) is 11.8 Å². The Kier molecular flexibility index (Phi) is 7.24. The zero-order valence-corrected chi connectivity index (χ0v) is 17.9. The number of nitrogens with one attached hydrogen (secondary N) is 2. The number of hydrogen-bond donors (Lipinski definition) is 3. The smallest absolute Gasteiger partial charge is 0.265 e. The number of benzene rings is 2. The van der Waals surface area contributed by atoms with Crippen LogP contribution in [0.25, 0.3) is 10.1 Å². The van der Waals surface area contributed by atoms with Crippen LogP contribution in [-0.2, 0) is 9.53 Å². The molecule has 4 N–H and O–H groups in total. The highest BCUT2D eigenvalue weighted by Gasteiger charge is 2.13. The maximum Gasteiger partial charge on any atom is 0.265 e. The second kappa shape index (κ2) is 10.3. The van der Waals surface area contributed by atoms with Crippen molar-refractivity contribution in [3.05, 3.63) is 90.1 Å². The number of rotatable bonds is 8. The summed E-state index contributed by atoms with van der Waals surface area (Å²) >= 11 is 1.37. The van der Waals surface area contributed by atoms with Gasteiger partial charge in [0.15, 0.2) is 6.61 Å². The fourth-order valence-electron chi connectivity index (χ4n) is 2.74. The summed E-state index contributed by atoms with van der Waals surface area (Å²) in [6, 6.07) is 14.4. The molecule has 0 saturated heterocycles. The van der Waals surface area contributed by atoms with E-state index in [4.69, 9.17) is 10.5 Å². The Morgan fingerprint density at radius 2 is 1.97 bits per heavy atom. The summed E-state index contributed by atoms with van der Waals surface area (Å²) < 4.78 is 6.37. The number of allylic oxidation sites excluding steroid dienone is 4. The molecular formula is C24H23N3O3S. The molecule has 0 saturated carbocycles. The maximum atomic E-state index is 12.6. The van der Waals surface area contributed by atoms with Crippen molar-refractivity contribution in [1.29, 1.82) is 0 Å². The molecule has 1 aromatic heterocycles. The topological polar surface area (TPSA) is 93.4 Å². The number of hydrogen-bond acceptors (Lipinski definition) is 5. The van der Waals surface area contributed by atoms with Crippen LogP contribution in [0.2, 0.25) is 0 Å². The number of para-hydroxylation sites is 2. The van der Waals surface area contributed by atoms with Crippen molar-refractivity contribution >= 4 is 50.3 Å².